The van der Waals surface area contributed by atoms with Gasteiger partial charge in [0.15, 0.2) is 0 Å². The zero-order chi connectivity index (χ0) is 55.0. The third kappa shape index (κ3) is 61.6. The van der Waals surface area contributed by atoms with Crippen LogP contribution in [0.25, 0.3) is 0 Å². The fourth-order valence-corrected chi connectivity index (χ4v) is 11.0. The van der Waals surface area contributed by atoms with Gasteiger partial charge < -0.3 is 20.3 Å². The van der Waals surface area contributed by atoms with Crippen LogP contribution >= 0.6 is 0 Å². The third-order valence-corrected chi connectivity index (χ3v) is 16.3. The van der Waals surface area contributed by atoms with Gasteiger partial charge in [0.05, 0.1) is 25.4 Å². The maximum atomic E-state index is 12.5. The number of carbonyl (C=O) groups is 2. The van der Waals surface area contributed by atoms with Gasteiger partial charge in [0, 0.05) is 12.8 Å². The lowest BCUT2D eigenvalue weighted by Gasteiger charge is -2.22. The standard InChI is InChI=1S/C70H135NO5/c1-3-5-7-9-11-13-15-17-19-21-27-32-36-40-44-48-52-56-60-64-70(75)76-65-61-57-53-49-45-41-37-33-29-26-24-22-23-25-28-31-35-39-43-47-51-55-59-63-69(74)71-67(66-72)68(73)62-58-54-50-46-42-38-34-30-20-18-16-14-12-10-8-6-4-2/h22,24-25,28,67-68,72-73H,3-21,23,26-27,29-66H2,1-2H3,(H,71,74)/b24-22-,28-25-. The molecular formula is C70H135NO5. The zero-order valence-electron chi connectivity index (χ0n) is 51.5. The second-order valence-electron chi connectivity index (χ2n) is 23.9. The van der Waals surface area contributed by atoms with E-state index in [1.165, 1.54) is 308 Å². The van der Waals surface area contributed by atoms with Crippen molar-refractivity contribution in [2.45, 2.75) is 398 Å². The molecule has 2 unspecified atom stereocenters. The van der Waals surface area contributed by atoms with E-state index < -0.39 is 12.1 Å². The molecule has 0 rings (SSSR count). The van der Waals surface area contributed by atoms with Crippen LogP contribution in [0.15, 0.2) is 24.3 Å². The average Bonchev–Trinajstić information content (AvgIpc) is 3.42. The first-order valence-electron chi connectivity index (χ1n) is 34.6. The minimum absolute atomic E-state index is 0.0127. The monoisotopic (exact) mass is 1070 g/mol. The summed E-state index contributed by atoms with van der Waals surface area (Å²) in [7, 11) is 0. The summed E-state index contributed by atoms with van der Waals surface area (Å²) >= 11 is 0. The van der Waals surface area contributed by atoms with Crippen LogP contribution in [0, 0.1) is 0 Å². The van der Waals surface area contributed by atoms with E-state index in [9.17, 15) is 19.8 Å². The predicted molar refractivity (Wildman–Crippen MR) is 333 cm³/mol. The number of hydrogen-bond donors (Lipinski definition) is 3. The lowest BCUT2D eigenvalue weighted by atomic mass is 10.0. The van der Waals surface area contributed by atoms with Gasteiger partial charge in [-0.1, -0.05) is 340 Å². The highest BCUT2D eigenvalue weighted by molar-refractivity contribution is 5.76. The Hall–Kier alpha value is -1.66. The quantitative estimate of drug-likeness (QED) is 0.0320. The normalized spacial score (nSPS) is 12.6. The van der Waals surface area contributed by atoms with Gasteiger partial charge in [-0.25, -0.2) is 0 Å². The van der Waals surface area contributed by atoms with Gasteiger partial charge in [-0.3, -0.25) is 9.59 Å². The van der Waals surface area contributed by atoms with Gasteiger partial charge in [-0.05, 0) is 57.8 Å². The first-order chi connectivity index (χ1) is 37.5. The van der Waals surface area contributed by atoms with Crippen LogP contribution in [0.1, 0.15) is 386 Å². The van der Waals surface area contributed by atoms with Crippen molar-refractivity contribution in [3.63, 3.8) is 0 Å². The van der Waals surface area contributed by atoms with Crippen molar-refractivity contribution in [3.8, 4) is 0 Å². The van der Waals surface area contributed by atoms with Gasteiger partial charge in [-0.15, -0.1) is 0 Å². The van der Waals surface area contributed by atoms with Crippen LogP contribution < -0.4 is 5.32 Å². The van der Waals surface area contributed by atoms with E-state index in [0.29, 0.717) is 25.9 Å². The number of aliphatic hydroxyl groups excluding tert-OH is 2. The highest BCUT2D eigenvalue weighted by Crippen LogP contribution is 2.19. The van der Waals surface area contributed by atoms with Crippen molar-refractivity contribution in [1.82, 2.24) is 5.32 Å². The number of unbranched alkanes of at least 4 members (excludes halogenated alkanes) is 50. The molecule has 6 heteroatoms. The number of carbonyl (C=O) groups excluding carboxylic acids is 2. The summed E-state index contributed by atoms with van der Waals surface area (Å²) in [6.07, 6.45) is 82.1. The molecule has 0 heterocycles. The number of esters is 1. The van der Waals surface area contributed by atoms with Gasteiger partial charge in [-0.2, -0.15) is 0 Å². The number of aliphatic hydroxyl groups is 2. The number of amides is 1. The van der Waals surface area contributed by atoms with E-state index in [4.69, 9.17) is 4.74 Å². The molecular weight excluding hydrogens is 935 g/mol. The molecule has 0 radical (unpaired) electrons. The highest BCUT2D eigenvalue weighted by atomic mass is 16.5. The first kappa shape index (κ1) is 74.3. The molecule has 0 aromatic carbocycles. The Labute approximate surface area is 475 Å². The molecule has 0 aromatic rings. The highest BCUT2D eigenvalue weighted by Gasteiger charge is 2.20. The summed E-state index contributed by atoms with van der Waals surface area (Å²) < 4.78 is 5.50. The Morgan fingerprint density at radius 2 is 0.658 bits per heavy atom. The van der Waals surface area contributed by atoms with E-state index in [0.717, 1.165) is 44.9 Å². The third-order valence-electron chi connectivity index (χ3n) is 16.3. The van der Waals surface area contributed by atoms with Crippen molar-refractivity contribution in [3.05, 3.63) is 24.3 Å². The zero-order valence-corrected chi connectivity index (χ0v) is 51.5. The lowest BCUT2D eigenvalue weighted by Crippen LogP contribution is -2.45. The van der Waals surface area contributed by atoms with Crippen LogP contribution in [0.3, 0.4) is 0 Å². The van der Waals surface area contributed by atoms with Gasteiger partial charge in [0.25, 0.3) is 0 Å². The molecule has 0 aliphatic heterocycles. The molecule has 0 spiro atoms. The van der Waals surface area contributed by atoms with Crippen LogP contribution in [-0.2, 0) is 14.3 Å². The van der Waals surface area contributed by atoms with Gasteiger partial charge in [0.1, 0.15) is 0 Å². The van der Waals surface area contributed by atoms with Gasteiger partial charge >= 0.3 is 5.97 Å². The Morgan fingerprint density at radius 3 is 1.00 bits per heavy atom. The molecule has 0 bridgehead atoms. The largest absolute Gasteiger partial charge is 0.466 e. The minimum Gasteiger partial charge on any atom is -0.466 e. The fraction of sp³-hybridized carbons (Fsp3) is 0.914. The Bertz CT molecular complexity index is 1190. The summed E-state index contributed by atoms with van der Waals surface area (Å²) in [4.78, 5) is 24.6. The first-order valence-corrected chi connectivity index (χ1v) is 34.6. The van der Waals surface area contributed by atoms with Crippen molar-refractivity contribution in [2.24, 2.45) is 0 Å². The molecule has 0 saturated heterocycles. The average molecular weight is 1070 g/mol. The van der Waals surface area contributed by atoms with E-state index in [2.05, 4.69) is 43.5 Å². The molecule has 2 atom stereocenters. The summed E-state index contributed by atoms with van der Waals surface area (Å²) in [6.45, 7) is 4.98. The Morgan fingerprint density at radius 1 is 0.368 bits per heavy atom. The van der Waals surface area contributed by atoms with Crippen LogP contribution in [0.2, 0.25) is 0 Å². The van der Waals surface area contributed by atoms with Crippen molar-refractivity contribution < 1.29 is 24.5 Å². The molecule has 76 heavy (non-hydrogen) atoms. The number of nitrogens with one attached hydrogen (secondary N) is 1. The number of hydrogen-bond acceptors (Lipinski definition) is 5. The molecule has 0 aliphatic rings. The number of allylic oxidation sites excluding steroid dienone is 4. The fourth-order valence-electron chi connectivity index (χ4n) is 11.0. The van der Waals surface area contributed by atoms with Crippen molar-refractivity contribution >= 4 is 11.9 Å². The minimum atomic E-state index is -0.671. The second-order valence-corrected chi connectivity index (χ2v) is 23.9. The molecule has 6 nitrogen and oxygen atoms in total. The van der Waals surface area contributed by atoms with Gasteiger partial charge in [0.2, 0.25) is 5.91 Å². The van der Waals surface area contributed by atoms with Crippen LogP contribution in [0.5, 0.6) is 0 Å². The van der Waals surface area contributed by atoms with Crippen molar-refractivity contribution in [2.75, 3.05) is 13.2 Å². The molecule has 450 valence electrons. The smallest absolute Gasteiger partial charge is 0.305 e. The molecule has 0 aromatic heterocycles. The van der Waals surface area contributed by atoms with E-state index >= 15 is 0 Å². The lowest BCUT2D eigenvalue weighted by molar-refractivity contribution is -0.143. The Balaban J connectivity index is 3.42. The van der Waals surface area contributed by atoms with E-state index in [1.54, 1.807) is 0 Å². The summed E-state index contributed by atoms with van der Waals surface area (Å²) in [5.74, 6) is -0.0296. The van der Waals surface area contributed by atoms with Crippen LogP contribution in [0.4, 0.5) is 0 Å². The predicted octanol–water partition coefficient (Wildman–Crippen LogP) is 22.1. The second kappa shape index (κ2) is 65.9. The molecule has 0 saturated carbocycles. The molecule has 0 aliphatic carbocycles. The molecule has 1 amide bonds. The number of rotatable bonds is 65. The summed E-state index contributed by atoms with van der Waals surface area (Å²) in [5, 5.41) is 23.3. The van der Waals surface area contributed by atoms with Crippen LogP contribution in [-0.4, -0.2) is 47.4 Å². The van der Waals surface area contributed by atoms with E-state index in [1.807, 2.05) is 0 Å². The van der Waals surface area contributed by atoms with E-state index in [-0.39, 0.29) is 18.5 Å². The maximum Gasteiger partial charge on any atom is 0.305 e. The number of ether oxygens (including phenoxy) is 1. The molecule has 0 fully saturated rings. The topological polar surface area (TPSA) is 95.9 Å². The molecule has 3 N–H and O–H groups in total. The Kier molecular flexibility index (Phi) is 64.4. The summed E-state index contributed by atoms with van der Waals surface area (Å²) in [6, 6.07) is -0.549. The SMILES string of the molecule is CCCCCCCCCCCCCCCCCCCCCC(=O)OCCCCCCCCCCC/C=C\C/C=C\CCCCCCCCCC(=O)NC(CO)C(O)CCCCCCCCCCCCCCCCCCC. The summed E-state index contributed by atoms with van der Waals surface area (Å²) in [5.41, 5.74) is 0. The maximum absolute atomic E-state index is 12.5. The van der Waals surface area contributed by atoms with Crippen molar-refractivity contribution in [1.29, 1.82) is 0 Å².